The van der Waals surface area contributed by atoms with Crippen LogP contribution in [0.3, 0.4) is 0 Å². The first-order chi connectivity index (χ1) is 8.83. The smallest absolute Gasteiger partial charge is 0.133 e. The molecule has 5 nitrogen and oxygen atoms in total. The topological polar surface area (TPSA) is 54.8 Å². The lowest BCUT2D eigenvalue weighted by molar-refractivity contribution is 0.704. The van der Waals surface area contributed by atoms with Gasteiger partial charge in [0, 0.05) is 30.9 Å². The fraction of sp³-hybridized carbons (Fsp3) is 0.385. The van der Waals surface area contributed by atoms with Gasteiger partial charge in [-0.05, 0) is 19.4 Å². The zero-order valence-corrected chi connectivity index (χ0v) is 10.3. The summed E-state index contributed by atoms with van der Waals surface area (Å²) in [5.74, 6) is 1.36. The maximum Gasteiger partial charge on any atom is 0.133 e. The van der Waals surface area contributed by atoms with E-state index in [1.807, 2.05) is 31.6 Å². The summed E-state index contributed by atoms with van der Waals surface area (Å²) in [6, 6.07) is 1.93. The van der Waals surface area contributed by atoms with Gasteiger partial charge in [0.2, 0.25) is 0 Å². The largest absolute Gasteiger partial charge is 0.368 e. The minimum Gasteiger partial charge on any atom is -0.368 e. The number of hydrogen-bond acceptors (Lipinski definition) is 5. The Hall–Kier alpha value is -2.04. The van der Waals surface area contributed by atoms with Crippen LogP contribution in [0.4, 0.5) is 5.69 Å². The van der Waals surface area contributed by atoms with Crippen molar-refractivity contribution >= 4 is 5.69 Å². The molecule has 1 atom stereocenters. The number of nitrogens with zero attached hydrogens (tertiary/aromatic N) is 5. The first-order valence-electron chi connectivity index (χ1n) is 6.12. The average molecular weight is 241 g/mol. The molecular formula is C13H15N5. The molecule has 0 spiro atoms. The average Bonchev–Trinajstić information content (AvgIpc) is 2.89. The van der Waals surface area contributed by atoms with E-state index in [4.69, 9.17) is 0 Å². The molecule has 1 aliphatic heterocycles. The van der Waals surface area contributed by atoms with E-state index >= 15 is 0 Å². The first-order valence-corrected chi connectivity index (χ1v) is 6.12. The van der Waals surface area contributed by atoms with Gasteiger partial charge in [-0.1, -0.05) is 0 Å². The molecule has 0 saturated carbocycles. The minimum absolute atomic E-state index is 0.408. The van der Waals surface area contributed by atoms with E-state index in [1.54, 1.807) is 6.33 Å². The molecule has 0 N–H and O–H groups in total. The van der Waals surface area contributed by atoms with Crippen LogP contribution in [-0.4, -0.2) is 33.0 Å². The molecule has 3 heterocycles. The lowest BCUT2D eigenvalue weighted by atomic mass is 10.1. The van der Waals surface area contributed by atoms with Crippen LogP contribution < -0.4 is 4.90 Å². The van der Waals surface area contributed by atoms with Gasteiger partial charge in [-0.15, -0.1) is 0 Å². The van der Waals surface area contributed by atoms with Crippen LogP contribution in [-0.2, 0) is 0 Å². The standard InChI is InChI=1S/C13H15N5/c1-10-2-4-16-13(17-10)11-3-5-18(8-11)12-6-14-9-15-7-12/h2,4,6-7,9,11H,3,5,8H2,1H3/t11-/m1/s1. The molecule has 18 heavy (non-hydrogen) atoms. The third kappa shape index (κ3) is 2.16. The molecule has 1 aliphatic rings. The molecule has 0 radical (unpaired) electrons. The summed E-state index contributed by atoms with van der Waals surface area (Å²) in [6.07, 6.45) is 8.18. The van der Waals surface area contributed by atoms with Crippen molar-refractivity contribution in [3.63, 3.8) is 0 Å². The van der Waals surface area contributed by atoms with Crippen molar-refractivity contribution in [2.75, 3.05) is 18.0 Å². The Balaban J connectivity index is 1.76. The van der Waals surface area contributed by atoms with Crippen LogP contribution in [0.2, 0.25) is 0 Å². The van der Waals surface area contributed by atoms with E-state index in [-0.39, 0.29) is 0 Å². The molecule has 0 aliphatic carbocycles. The molecule has 0 unspecified atom stereocenters. The SMILES string of the molecule is Cc1ccnc([C@@H]2CCN(c3cncnc3)C2)n1. The summed E-state index contributed by atoms with van der Waals surface area (Å²) in [6.45, 7) is 3.95. The van der Waals surface area contributed by atoms with Crippen molar-refractivity contribution in [1.29, 1.82) is 0 Å². The van der Waals surface area contributed by atoms with Crippen molar-refractivity contribution in [2.45, 2.75) is 19.3 Å². The summed E-state index contributed by atoms with van der Waals surface area (Å²) in [5, 5.41) is 0. The molecule has 3 rings (SSSR count). The summed E-state index contributed by atoms with van der Waals surface area (Å²) in [4.78, 5) is 19.3. The van der Waals surface area contributed by atoms with E-state index in [0.717, 1.165) is 36.7 Å². The Morgan fingerprint density at radius 2 is 2.11 bits per heavy atom. The molecule has 0 aromatic carbocycles. The van der Waals surface area contributed by atoms with Crippen LogP contribution in [0.5, 0.6) is 0 Å². The third-order valence-corrected chi connectivity index (χ3v) is 3.28. The fourth-order valence-electron chi connectivity index (χ4n) is 2.33. The summed E-state index contributed by atoms with van der Waals surface area (Å²) >= 11 is 0. The highest BCUT2D eigenvalue weighted by atomic mass is 15.2. The number of rotatable bonds is 2. The van der Waals surface area contributed by atoms with Gasteiger partial charge in [0.1, 0.15) is 12.2 Å². The van der Waals surface area contributed by atoms with Gasteiger partial charge in [0.05, 0.1) is 18.1 Å². The van der Waals surface area contributed by atoms with Crippen molar-refractivity contribution in [3.05, 3.63) is 42.5 Å². The van der Waals surface area contributed by atoms with Gasteiger partial charge in [-0.3, -0.25) is 0 Å². The highest BCUT2D eigenvalue weighted by Gasteiger charge is 2.26. The van der Waals surface area contributed by atoms with Gasteiger partial charge in [-0.25, -0.2) is 19.9 Å². The number of anilines is 1. The van der Waals surface area contributed by atoms with Crippen LogP contribution in [0.1, 0.15) is 23.9 Å². The first kappa shape index (κ1) is 11.1. The summed E-state index contributed by atoms with van der Waals surface area (Å²) in [7, 11) is 0. The highest BCUT2D eigenvalue weighted by Crippen LogP contribution is 2.27. The zero-order valence-electron chi connectivity index (χ0n) is 10.3. The Morgan fingerprint density at radius 1 is 1.28 bits per heavy atom. The molecule has 0 amide bonds. The van der Waals surface area contributed by atoms with Crippen LogP contribution in [0.15, 0.2) is 31.0 Å². The van der Waals surface area contributed by atoms with Crippen LogP contribution >= 0.6 is 0 Å². The Bertz CT molecular complexity index is 528. The highest BCUT2D eigenvalue weighted by molar-refractivity contribution is 5.43. The molecule has 2 aromatic rings. The van der Waals surface area contributed by atoms with Gasteiger partial charge in [0.25, 0.3) is 0 Å². The van der Waals surface area contributed by atoms with E-state index < -0.39 is 0 Å². The lowest BCUT2D eigenvalue weighted by Gasteiger charge is -2.17. The monoisotopic (exact) mass is 241 g/mol. The van der Waals surface area contributed by atoms with E-state index in [2.05, 4.69) is 24.8 Å². The van der Waals surface area contributed by atoms with Crippen molar-refractivity contribution in [1.82, 2.24) is 19.9 Å². The van der Waals surface area contributed by atoms with Gasteiger partial charge in [0.15, 0.2) is 0 Å². The second-order valence-electron chi connectivity index (χ2n) is 4.58. The maximum absolute atomic E-state index is 4.51. The quantitative estimate of drug-likeness (QED) is 0.798. The number of aryl methyl sites for hydroxylation is 1. The predicted octanol–water partition coefficient (Wildman–Crippen LogP) is 1.57. The molecule has 2 aromatic heterocycles. The Labute approximate surface area is 106 Å². The Morgan fingerprint density at radius 3 is 2.89 bits per heavy atom. The minimum atomic E-state index is 0.408. The van der Waals surface area contributed by atoms with Crippen molar-refractivity contribution in [2.24, 2.45) is 0 Å². The second-order valence-corrected chi connectivity index (χ2v) is 4.58. The summed E-state index contributed by atoms with van der Waals surface area (Å²) < 4.78 is 0. The van der Waals surface area contributed by atoms with E-state index in [1.165, 1.54) is 0 Å². The van der Waals surface area contributed by atoms with Crippen molar-refractivity contribution < 1.29 is 0 Å². The van der Waals surface area contributed by atoms with E-state index in [0.29, 0.717) is 5.92 Å². The molecular weight excluding hydrogens is 226 g/mol. The molecule has 5 heteroatoms. The predicted molar refractivity (Wildman–Crippen MR) is 68.4 cm³/mol. The maximum atomic E-state index is 4.51. The normalized spacial score (nSPS) is 19.2. The lowest BCUT2D eigenvalue weighted by Crippen LogP contribution is -2.20. The van der Waals surface area contributed by atoms with Gasteiger partial charge in [-0.2, -0.15) is 0 Å². The van der Waals surface area contributed by atoms with Gasteiger partial charge < -0.3 is 4.90 Å². The second kappa shape index (κ2) is 4.68. The van der Waals surface area contributed by atoms with E-state index in [9.17, 15) is 0 Å². The fourth-order valence-corrected chi connectivity index (χ4v) is 2.33. The van der Waals surface area contributed by atoms with Crippen LogP contribution in [0, 0.1) is 6.92 Å². The van der Waals surface area contributed by atoms with Crippen LogP contribution in [0.25, 0.3) is 0 Å². The third-order valence-electron chi connectivity index (χ3n) is 3.28. The Kier molecular flexibility index (Phi) is 2.88. The van der Waals surface area contributed by atoms with Crippen molar-refractivity contribution in [3.8, 4) is 0 Å². The summed E-state index contributed by atoms with van der Waals surface area (Å²) in [5.41, 5.74) is 2.11. The zero-order chi connectivity index (χ0) is 12.4. The molecule has 1 saturated heterocycles. The molecule has 92 valence electrons. The van der Waals surface area contributed by atoms with Gasteiger partial charge >= 0.3 is 0 Å². The molecule has 1 fully saturated rings. The number of hydrogen-bond donors (Lipinski definition) is 0. The number of aromatic nitrogens is 4. The molecule has 0 bridgehead atoms.